The molecule has 3 rings (SSSR count). The monoisotopic (exact) mass is 411 g/mol. The Morgan fingerprint density at radius 3 is 2.10 bits per heavy atom. The molecule has 0 radical (unpaired) electrons. The van der Waals surface area contributed by atoms with E-state index in [-0.39, 0.29) is 5.75 Å². The summed E-state index contributed by atoms with van der Waals surface area (Å²) in [5, 5.41) is 8.01. The van der Waals surface area contributed by atoms with Crippen LogP contribution >= 0.6 is 0 Å². The van der Waals surface area contributed by atoms with E-state index in [1.807, 2.05) is 6.07 Å². The van der Waals surface area contributed by atoms with Crippen LogP contribution in [0.15, 0.2) is 72.8 Å². The van der Waals surface area contributed by atoms with Gasteiger partial charge in [-0.3, -0.25) is 4.79 Å². The predicted octanol–water partition coefficient (Wildman–Crippen LogP) is 5.01. The van der Waals surface area contributed by atoms with Gasteiger partial charge in [0.05, 0.1) is 0 Å². The maximum atomic E-state index is 13.3. The fraction of sp³-hybridized carbons (Fsp3) is 0.0909. The summed E-state index contributed by atoms with van der Waals surface area (Å²) in [6, 6.07) is 18.1. The Kier molecular flexibility index (Phi) is 6.59. The molecule has 3 aromatic carbocycles. The van der Waals surface area contributed by atoms with E-state index in [0.29, 0.717) is 17.1 Å². The summed E-state index contributed by atoms with van der Waals surface area (Å²) in [5.74, 6) is -2.53. The molecule has 154 valence electrons. The zero-order valence-electron chi connectivity index (χ0n) is 16.0. The predicted molar refractivity (Wildman–Crippen MR) is 111 cm³/mol. The van der Waals surface area contributed by atoms with Crippen LogP contribution < -0.4 is 20.7 Å². The molecule has 0 aliphatic carbocycles. The van der Waals surface area contributed by atoms with Gasteiger partial charge in [0.15, 0.2) is 17.7 Å². The first-order valence-electron chi connectivity index (χ1n) is 9.06. The first-order valence-corrected chi connectivity index (χ1v) is 9.06. The molecule has 3 aromatic rings. The second-order valence-electron chi connectivity index (χ2n) is 6.35. The van der Waals surface area contributed by atoms with Crippen LogP contribution in [0.3, 0.4) is 0 Å². The Hall–Kier alpha value is -3.94. The lowest BCUT2D eigenvalue weighted by molar-refractivity contribution is -0.122. The lowest BCUT2D eigenvalue weighted by Crippen LogP contribution is -2.30. The SMILES string of the molecule is CC(Oc1ccc(F)c(F)c1)C(=O)Nc1cccc(NC(=O)Nc2ccccc2)c1. The van der Waals surface area contributed by atoms with E-state index in [1.165, 1.54) is 13.0 Å². The topological polar surface area (TPSA) is 79.5 Å². The van der Waals surface area contributed by atoms with E-state index < -0.39 is 29.7 Å². The molecule has 0 bridgehead atoms. The molecule has 0 saturated heterocycles. The van der Waals surface area contributed by atoms with Gasteiger partial charge in [-0.25, -0.2) is 13.6 Å². The molecule has 3 N–H and O–H groups in total. The average molecular weight is 411 g/mol. The van der Waals surface area contributed by atoms with E-state index in [2.05, 4.69) is 16.0 Å². The number of benzene rings is 3. The zero-order valence-corrected chi connectivity index (χ0v) is 16.0. The number of para-hydroxylation sites is 1. The number of ether oxygens (including phenoxy) is 1. The van der Waals surface area contributed by atoms with Crippen LogP contribution in [0.25, 0.3) is 0 Å². The quantitative estimate of drug-likeness (QED) is 0.533. The van der Waals surface area contributed by atoms with Crippen molar-refractivity contribution in [1.29, 1.82) is 0 Å². The van der Waals surface area contributed by atoms with Crippen LogP contribution in [-0.2, 0) is 4.79 Å². The van der Waals surface area contributed by atoms with Crippen molar-refractivity contribution in [2.45, 2.75) is 13.0 Å². The number of urea groups is 1. The second kappa shape index (κ2) is 9.51. The molecule has 0 heterocycles. The highest BCUT2D eigenvalue weighted by molar-refractivity contribution is 6.00. The number of halogens is 2. The first-order chi connectivity index (χ1) is 14.4. The zero-order chi connectivity index (χ0) is 21.5. The number of anilines is 3. The molecule has 30 heavy (non-hydrogen) atoms. The molecule has 6 nitrogen and oxygen atoms in total. The van der Waals surface area contributed by atoms with Crippen LogP contribution in [0, 0.1) is 11.6 Å². The highest BCUT2D eigenvalue weighted by Crippen LogP contribution is 2.19. The third-order valence-electron chi connectivity index (χ3n) is 3.99. The number of hydrogen-bond donors (Lipinski definition) is 3. The van der Waals surface area contributed by atoms with Crippen LogP contribution in [0.2, 0.25) is 0 Å². The number of nitrogens with one attached hydrogen (secondary N) is 3. The summed E-state index contributed by atoms with van der Waals surface area (Å²) in [6.07, 6.45) is -0.965. The lowest BCUT2D eigenvalue weighted by atomic mass is 10.2. The maximum absolute atomic E-state index is 13.3. The lowest BCUT2D eigenvalue weighted by Gasteiger charge is -2.15. The summed E-state index contributed by atoms with van der Waals surface area (Å²) in [6.45, 7) is 1.48. The standard InChI is InChI=1S/C22H19F2N3O3/c1-14(30-18-10-11-19(23)20(24)13-18)21(28)25-16-8-5-9-17(12-16)27-22(29)26-15-6-3-2-4-7-15/h2-14H,1H3,(H,25,28)(H2,26,27,29). The molecule has 0 spiro atoms. The fourth-order valence-corrected chi connectivity index (χ4v) is 2.54. The summed E-state index contributed by atoms with van der Waals surface area (Å²) < 4.78 is 31.6. The Bertz CT molecular complexity index is 1040. The van der Waals surface area contributed by atoms with Crippen molar-refractivity contribution in [2.24, 2.45) is 0 Å². The molecular formula is C22H19F2N3O3. The largest absolute Gasteiger partial charge is 0.481 e. The third-order valence-corrected chi connectivity index (χ3v) is 3.99. The molecule has 0 fully saturated rings. The van der Waals surface area contributed by atoms with Gasteiger partial charge in [0.1, 0.15) is 5.75 Å². The van der Waals surface area contributed by atoms with Crippen molar-refractivity contribution in [3.05, 3.63) is 84.4 Å². The Morgan fingerprint density at radius 2 is 1.40 bits per heavy atom. The highest BCUT2D eigenvalue weighted by atomic mass is 19.2. The van der Waals surface area contributed by atoms with Crippen molar-refractivity contribution in [3.63, 3.8) is 0 Å². The fourth-order valence-electron chi connectivity index (χ4n) is 2.54. The van der Waals surface area contributed by atoms with E-state index in [0.717, 1.165) is 12.1 Å². The van der Waals surface area contributed by atoms with E-state index in [9.17, 15) is 18.4 Å². The normalized spacial score (nSPS) is 11.3. The van der Waals surface area contributed by atoms with Gasteiger partial charge in [0.2, 0.25) is 0 Å². The van der Waals surface area contributed by atoms with Gasteiger partial charge in [-0.2, -0.15) is 0 Å². The van der Waals surface area contributed by atoms with Crippen molar-refractivity contribution in [2.75, 3.05) is 16.0 Å². The molecule has 0 aliphatic rings. The van der Waals surface area contributed by atoms with Gasteiger partial charge in [-0.1, -0.05) is 24.3 Å². The smallest absolute Gasteiger partial charge is 0.323 e. The minimum atomic E-state index is -1.06. The summed E-state index contributed by atoms with van der Waals surface area (Å²) in [4.78, 5) is 24.4. The Labute approximate surface area is 171 Å². The van der Waals surface area contributed by atoms with Crippen LogP contribution in [0.4, 0.5) is 30.6 Å². The van der Waals surface area contributed by atoms with Crippen LogP contribution in [-0.4, -0.2) is 18.0 Å². The minimum absolute atomic E-state index is 0.0320. The molecule has 1 unspecified atom stereocenters. The summed E-state index contributed by atoms with van der Waals surface area (Å²) in [5.41, 5.74) is 1.54. The molecule has 1 atom stereocenters. The van der Waals surface area contributed by atoms with Crippen molar-refractivity contribution >= 4 is 29.0 Å². The van der Waals surface area contributed by atoms with Gasteiger partial charge in [0, 0.05) is 23.1 Å². The number of carbonyl (C=O) groups excluding carboxylic acids is 2. The van der Waals surface area contributed by atoms with Gasteiger partial charge in [-0.15, -0.1) is 0 Å². The number of amides is 3. The molecule has 3 amide bonds. The molecular weight excluding hydrogens is 392 g/mol. The van der Waals surface area contributed by atoms with Gasteiger partial charge in [-0.05, 0) is 49.4 Å². The highest BCUT2D eigenvalue weighted by Gasteiger charge is 2.16. The van der Waals surface area contributed by atoms with Crippen molar-refractivity contribution in [3.8, 4) is 5.75 Å². The number of carbonyl (C=O) groups is 2. The molecule has 0 saturated carbocycles. The Morgan fingerprint density at radius 1 is 0.767 bits per heavy atom. The minimum Gasteiger partial charge on any atom is -0.481 e. The summed E-state index contributed by atoms with van der Waals surface area (Å²) >= 11 is 0. The first kappa shape index (κ1) is 20.8. The van der Waals surface area contributed by atoms with E-state index >= 15 is 0 Å². The molecule has 0 aliphatic heterocycles. The van der Waals surface area contributed by atoms with E-state index in [4.69, 9.17) is 4.74 Å². The van der Waals surface area contributed by atoms with Gasteiger partial charge >= 0.3 is 6.03 Å². The second-order valence-corrected chi connectivity index (χ2v) is 6.35. The van der Waals surface area contributed by atoms with Gasteiger partial charge in [0.25, 0.3) is 5.91 Å². The maximum Gasteiger partial charge on any atom is 0.323 e. The molecule has 0 aromatic heterocycles. The van der Waals surface area contributed by atoms with Crippen LogP contribution in [0.5, 0.6) is 5.75 Å². The third kappa shape index (κ3) is 5.78. The van der Waals surface area contributed by atoms with Crippen LogP contribution in [0.1, 0.15) is 6.92 Å². The summed E-state index contributed by atoms with van der Waals surface area (Å²) in [7, 11) is 0. The van der Waals surface area contributed by atoms with Crippen molar-refractivity contribution in [1.82, 2.24) is 0 Å². The average Bonchev–Trinajstić information content (AvgIpc) is 2.71. The van der Waals surface area contributed by atoms with Gasteiger partial charge < -0.3 is 20.7 Å². The molecule has 8 heteroatoms. The Balaban J connectivity index is 1.57. The van der Waals surface area contributed by atoms with E-state index in [1.54, 1.807) is 48.5 Å². The number of hydrogen-bond acceptors (Lipinski definition) is 3. The number of rotatable bonds is 6. The van der Waals surface area contributed by atoms with Crippen molar-refractivity contribution < 1.29 is 23.1 Å².